The molecule has 0 aliphatic rings. The number of likely N-dealkylation sites (N-methyl/N-ethyl adjacent to an activating group) is 1. The second-order valence-corrected chi connectivity index (χ2v) is 4.05. The van der Waals surface area contributed by atoms with Crippen LogP contribution in [0.2, 0.25) is 0 Å². The lowest BCUT2D eigenvalue weighted by molar-refractivity contribution is -0.188. The van der Waals surface area contributed by atoms with Crippen LogP contribution in [0.5, 0.6) is 0 Å². The minimum absolute atomic E-state index is 0.237. The summed E-state index contributed by atoms with van der Waals surface area (Å²) < 4.78 is 41.5. The zero-order valence-electron chi connectivity index (χ0n) is 10.5. The van der Waals surface area contributed by atoms with Crippen LogP contribution in [0.4, 0.5) is 13.2 Å². The maximum atomic E-state index is 12.2. The van der Waals surface area contributed by atoms with Gasteiger partial charge < -0.3 is 10.1 Å². The Bertz CT molecular complexity index is 340. The van der Waals surface area contributed by atoms with Gasteiger partial charge >= 0.3 is 6.18 Å². The predicted molar refractivity (Wildman–Crippen MR) is 64.3 cm³/mol. The highest BCUT2D eigenvalue weighted by Crippen LogP contribution is 2.24. The summed E-state index contributed by atoms with van der Waals surface area (Å²) in [6, 6.07) is 9.10. The molecule has 0 amide bonds. The van der Waals surface area contributed by atoms with Crippen LogP contribution >= 0.6 is 0 Å². The lowest BCUT2D eigenvalue weighted by Gasteiger charge is -2.27. The zero-order chi connectivity index (χ0) is 13.6. The minimum atomic E-state index is -4.29. The quantitative estimate of drug-likeness (QED) is 0.848. The second-order valence-electron chi connectivity index (χ2n) is 4.05. The summed E-state index contributed by atoms with van der Waals surface area (Å²) in [5.74, 6) is 0. The van der Waals surface area contributed by atoms with Crippen molar-refractivity contribution in [3.63, 3.8) is 0 Å². The number of hydrogen-bond acceptors (Lipinski definition) is 2. The van der Waals surface area contributed by atoms with Crippen LogP contribution in [0.3, 0.4) is 0 Å². The molecule has 1 N–H and O–H groups in total. The average Bonchev–Trinajstić information content (AvgIpc) is 2.34. The normalized spacial score (nSPS) is 15.4. The predicted octanol–water partition coefficient (Wildman–Crippen LogP) is 3.30. The van der Waals surface area contributed by atoms with E-state index in [2.05, 4.69) is 5.32 Å². The standard InChI is InChI=1S/C13H18F3NO/c1-3-11(18-9-13(14,15)16)12(17-2)10-7-5-4-6-8-10/h4-8,11-12,17H,3,9H2,1-2H3. The molecule has 102 valence electrons. The number of alkyl halides is 3. The Morgan fingerprint density at radius 1 is 1.22 bits per heavy atom. The topological polar surface area (TPSA) is 21.3 Å². The third-order valence-electron chi connectivity index (χ3n) is 2.70. The van der Waals surface area contributed by atoms with Gasteiger partial charge in [-0.05, 0) is 19.0 Å². The van der Waals surface area contributed by atoms with Gasteiger partial charge in [0.25, 0.3) is 0 Å². The van der Waals surface area contributed by atoms with Crippen molar-refractivity contribution in [2.75, 3.05) is 13.7 Å². The highest BCUT2D eigenvalue weighted by atomic mass is 19.4. The summed E-state index contributed by atoms with van der Waals surface area (Å²) in [5.41, 5.74) is 0.925. The van der Waals surface area contributed by atoms with Crippen LogP contribution in [0.1, 0.15) is 24.9 Å². The molecule has 0 heterocycles. The Labute approximate surface area is 105 Å². The first-order valence-corrected chi connectivity index (χ1v) is 5.88. The molecule has 0 bridgehead atoms. The maximum Gasteiger partial charge on any atom is 0.411 e. The Morgan fingerprint density at radius 2 is 1.83 bits per heavy atom. The molecule has 0 radical (unpaired) electrons. The SMILES string of the molecule is CCC(OCC(F)(F)F)C(NC)c1ccccc1. The Balaban J connectivity index is 2.72. The van der Waals surface area contributed by atoms with Crippen LogP contribution in [-0.2, 0) is 4.74 Å². The van der Waals surface area contributed by atoms with Crippen LogP contribution in [0.25, 0.3) is 0 Å². The Hall–Kier alpha value is -1.07. The fraction of sp³-hybridized carbons (Fsp3) is 0.538. The van der Waals surface area contributed by atoms with Crippen LogP contribution in [-0.4, -0.2) is 25.9 Å². The summed E-state index contributed by atoms with van der Waals surface area (Å²) in [7, 11) is 1.72. The molecule has 1 aromatic rings. The van der Waals surface area contributed by atoms with Gasteiger partial charge in [0.15, 0.2) is 0 Å². The van der Waals surface area contributed by atoms with E-state index in [1.54, 1.807) is 7.05 Å². The third kappa shape index (κ3) is 4.66. The van der Waals surface area contributed by atoms with Crippen molar-refractivity contribution in [3.05, 3.63) is 35.9 Å². The monoisotopic (exact) mass is 261 g/mol. The number of rotatable bonds is 6. The Morgan fingerprint density at radius 3 is 2.28 bits per heavy atom. The molecule has 2 nitrogen and oxygen atoms in total. The smallest absolute Gasteiger partial charge is 0.367 e. The molecule has 0 spiro atoms. The van der Waals surface area contributed by atoms with Crippen molar-refractivity contribution >= 4 is 0 Å². The van der Waals surface area contributed by atoms with Crippen molar-refractivity contribution in [1.29, 1.82) is 0 Å². The van der Waals surface area contributed by atoms with E-state index in [0.717, 1.165) is 5.56 Å². The summed E-state index contributed by atoms with van der Waals surface area (Å²) in [6.07, 6.45) is -4.28. The fourth-order valence-corrected chi connectivity index (χ4v) is 1.88. The first-order valence-electron chi connectivity index (χ1n) is 5.88. The van der Waals surface area contributed by atoms with E-state index in [1.165, 1.54) is 0 Å². The van der Waals surface area contributed by atoms with Gasteiger partial charge in [-0.1, -0.05) is 37.3 Å². The average molecular weight is 261 g/mol. The summed E-state index contributed by atoms with van der Waals surface area (Å²) in [5, 5.41) is 3.01. The van der Waals surface area contributed by atoms with E-state index in [4.69, 9.17) is 4.74 Å². The van der Waals surface area contributed by atoms with Gasteiger partial charge in [-0.25, -0.2) is 0 Å². The first-order chi connectivity index (χ1) is 8.48. The molecular formula is C13H18F3NO. The molecule has 1 rings (SSSR count). The highest BCUT2D eigenvalue weighted by molar-refractivity contribution is 5.20. The Kier molecular flexibility index (Phi) is 5.62. The van der Waals surface area contributed by atoms with E-state index < -0.39 is 18.9 Å². The largest absolute Gasteiger partial charge is 0.411 e. The molecule has 0 aromatic heterocycles. The van der Waals surface area contributed by atoms with E-state index >= 15 is 0 Å². The minimum Gasteiger partial charge on any atom is -0.367 e. The van der Waals surface area contributed by atoms with Gasteiger partial charge in [0.1, 0.15) is 6.61 Å². The molecule has 0 aliphatic carbocycles. The van der Waals surface area contributed by atoms with Crippen molar-refractivity contribution < 1.29 is 17.9 Å². The third-order valence-corrected chi connectivity index (χ3v) is 2.70. The lowest BCUT2D eigenvalue weighted by Crippen LogP contribution is -2.34. The summed E-state index contributed by atoms with van der Waals surface area (Å²) in [6.45, 7) is 0.602. The van der Waals surface area contributed by atoms with Crippen molar-refractivity contribution in [1.82, 2.24) is 5.32 Å². The van der Waals surface area contributed by atoms with Gasteiger partial charge in [0.05, 0.1) is 12.1 Å². The van der Waals surface area contributed by atoms with Crippen LogP contribution in [0, 0.1) is 0 Å². The highest BCUT2D eigenvalue weighted by Gasteiger charge is 2.31. The van der Waals surface area contributed by atoms with Crippen molar-refractivity contribution in [2.24, 2.45) is 0 Å². The fourth-order valence-electron chi connectivity index (χ4n) is 1.88. The summed E-state index contributed by atoms with van der Waals surface area (Å²) >= 11 is 0. The number of halogens is 3. The molecule has 0 saturated heterocycles. The molecule has 0 fully saturated rings. The molecule has 0 saturated carbocycles. The lowest BCUT2D eigenvalue weighted by atomic mass is 10.00. The van der Waals surface area contributed by atoms with Gasteiger partial charge in [-0.3, -0.25) is 0 Å². The van der Waals surface area contributed by atoms with Crippen LogP contribution in [0.15, 0.2) is 30.3 Å². The number of benzene rings is 1. The number of nitrogens with one attached hydrogen (secondary N) is 1. The molecule has 1 aromatic carbocycles. The van der Waals surface area contributed by atoms with E-state index in [1.807, 2.05) is 37.3 Å². The van der Waals surface area contributed by atoms with E-state index in [0.29, 0.717) is 6.42 Å². The van der Waals surface area contributed by atoms with Gasteiger partial charge in [-0.2, -0.15) is 13.2 Å². The molecule has 18 heavy (non-hydrogen) atoms. The zero-order valence-corrected chi connectivity index (χ0v) is 10.5. The molecular weight excluding hydrogens is 243 g/mol. The summed E-state index contributed by atoms with van der Waals surface area (Å²) in [4.78, 5) is 0. The number of ether oxygens (including phenoxy) is 1. The second kappa shape index (κ2) is 6.75. The molecule has 5 heteroatoms. The van der Waals surface area contributed by atoms with E-state index in [-0.39, 0.29) is 6.04 Å². The molecule has 2 unspecified atom stereocenters. The van der Waals surface area contributed by atoms with E-state index in [9.17, 15) is 13.2 Å². The van der Waals surface area contributed by atoms with Gasteiger partial charge in [-0.15, -0.1) is 0 Å². The molecule has 0 aliphatic heterocycles. The van der Waals surface area contributed by atoms with Gasteiger partial charge in [0, 0.05) is 0 Å². The number of hydrogen-bond donors (Lipinski definition) is 1. The van der Waals surface area contributed by atoms with Crippen molar-refractivity contribution in [2.45, 2.75) is 31.7 Å². The molecule has 2 atom stereocenters. The maximum absolute atomic E-state index is 12.2. The van der Waals surface area contributed by atoms with Crippen molar-refractivity contribution in [3.8, 4) is 0 Å². The van der Waals surface area contributed by atoms with Crippen LogP contribution < -0.4 is 5.32 Å². The first kappa shape index (κ1) is 15.0. The van der Waals surface area contributed by atoms with Gasteiger partial charge in [0.2, 0.25) is 0 Å².